The number of hydrogen-bond acceptors (Lipinski definition) is 3. The van der Waals surface area contributed by atoms with Crippen LogP contribution in [-0.4, -0.2) is 17.0 Å². The fourth-order valence-corrected chi connectivity index (χ4v) is 2.26. The van der Waals surface area contributed by atoms with Gasteiger partial charge in [-0.25, -0.2) is 0 Å². The lowest BCUT2D eigenvalue weighted by atomic mass is 10.1. The number of rotatable bonds is 2. The molecule has 0 aliphatic carbocycles. The summed E-state index contributed by atoms with van der Waals surface area (Å²) in [5, 5.41) is 6.29. The van der Waals surface area contributed by atoms with Gasteiger partial charge in [-0.1, -0.05) is 11.6 Å². The molecule has 1 aliphatic rings. The number of carbonyl (C=O) groups excluding carboxylic acids is 1. The molecule has 1 unspecified atom stereocenters. The van der Waals surface area contributed by atoms with Crippen molar-refractivity contribution in [3.63, 3.8) is 0 Å². The number of halogens is 2. The van der Waals surface area contributed by atoms with Gasteiger partial charge in [0.05, 0.1) is 11.7 Å². The molecule has 0 amide bonds. The van der Waals surface area contributed by atoms with Gasteiger partial charge in [0.2, 0.25) is 0 Å². The summed E-state index contributed by atoms with van der Waals surface area (Å²) in [6, 6.07) is 5.72. The molecule has 0 N–H and O–H groups in total. The van der Waals surface area contributed by atoms with E-state index in [2.05, 4.69) is 5.10 Å². The predicted molar refractivity (Wildman–Crippen MR) is 71.0 cm³/mol. The molecule has 0 radical (unpaired) electrons. The lowest BCUT2D eigenvalue weighted by Gasteiger charge is -2.21. The molecule has 0 spiro atoms. The van der Waals surface area contributed by atoms with Gasteiger partial charge in [-0.05, 0) is 49.2 Å². The maximum Gasteiger partial charge on any atom is 0.268 e. The Balaban J connectivity index is 2.37. The zero-order valence-electron chi connectivity index (χ0n) is 9.58. The normalized spacial score (nSPS) is 19.4. The van der Waals surface area contributed by atoms with Gasteiger partial charge >= 0.3 is 0 Å². The topological polar surface area (TPSA) is 32.7 Å². The third-order valence-corrected chi connectivity index (χ3v) is 3.22. The number of carbonyl (C=O) groups is 1. The molecular formula is C12H12Cl2N2O. The van der Waals surface area contributed by atoms with E-state index in [9.17, 15) is 4.79 Å². The molecule has 0 saturated heterocycles. The molecule has 17 heavy (non-hydrogen) atoms. The van der Waals surface area contributed by atoms with Crippen LogP contribution in [0.1, 0.15) is 18.9 Å². The van der Waals surface area contributed by atoms with Crippen molar-refractivity contribution in [3.05, 3.63) is 28.8 Å². The number of hydrogen-bond donors (Lipinski definition) is 0. The summed E-state index contributed by atoms with van der Waals surface area (Å²) < 4.78 is 0. The third-order valence-electron chi connectivity index (χ3n) is 2.77. The van der Waals surface area contributed by atoms with Crippen LogP contribution < -0.4 is 5.01 Å². The van der Waals surface area contributed by atoms with Crippen molar-refractivity contribution in [2.24, 2.45) is 5.10 Å². The average Bonchev–Trinajstić information content (AvgIpc) is 2.61. The first-order valence-electron chi connectivity index (χ1n) is 5.31. The minimum Gasteiger partial charge on any atom is -0.274 e. The summed E-state index contributed by atoms with van der Waals surface area (Å²) in [6.07, 6.45) is 0.574. The van der Waals surface area contributed by atoms with Crippen molar-refractivity contribution < 1.29 is 4.79 Å². The SMILES string of the molecule is Cc1cc(Cl)ccc1N1N=C(C(=O)Cl)CC1C. The smallest absolute Gasteiger partial charge is 0.268 e. The number of anilines is 1. The van der Waals surface area contributed by atoms with Crippen molar-refractivity contribution in [3.8, 4) is 0 Å². The Morgan fingerprint density at radius 2 is 2.24 bits per heavy atom. The molecular weight excluding hydrogens is 259 g/mol. The molecule has 0 bridgehead atoms. The standard InChI is InChI=1S/C12H12Cl2N2O/c1-7-5-9(13)3-4-11(7)16-8(2)6-10(15-16)12(14)17/h3-5,8H,6H2,1-2H3. The van der Waals surface area contributed by atoms with E-state index in [1.165, 1.54) is 0 Å². The van der Waals surface area contributed by atoms with Crippen LogP contribution in [0.5, 0.6) is 0 Å². The van der Waals surface area contributed by atoms with Crippen LogP contribution in [0.15, 0.2) is 23.3 Å². The Labute approximate surface area is 110 Å². The zero-order chi connectivity index (χ0) is 12.6. The van der Waals surface area contributed by atoms with Crippen molar-refractivity contribution in [2.75, 3.05) is 5.01 Å². The van der Waals surface area contributed by atoms with E-state index in [0.717, 1.165) is 11.3 Å². The Kier molecular flexibility index (Phi) is 3.40. The summed E-state index contributed by atoms with van der Waals surface area (Å²) >= 11 is 11.4. The van der Waals surface area contributed by atoms with Crippen LogP contribution >= 0.6 is 23.2 Å². The van der Waals surface area contributed by atoms with Gasteiger partial charge in [-0.3, -0.25) is 9.80 Å². The van der Waals surface area contributed by atoms with Crippen LogP contribution in [0.2, 0.25) is 5.02 Å². The Morgan fingerprint density at radius 1 is 1.53 bits per heavy atom. The van der Waals surface area contributed by atoms with Crippen molar-refractivity contribution in [1.82, 2.24) is 0 Å². The molecule has 2 rings (SSSR count). The fourth-order valence-electron chi connectivity index (χ4n) is 1.92. The minimum absolute atomic E-state index is 0.132. The van der Waals surface area contributed by atoms with Crippen LogP contribution in [-0.2, 0) is 4.79 Å². The lowest BCUT2D eigenvalue weighted by molar-refractivity contribution is -0.106. The van der Waals surface area contributed by atoms with Gasteiger partial charge in [0.15, 0.2) is 0 Å². The number of nitrogens with zero attached hydrogens (tertiary/aromatic N) is 2. The largest absolute Gasteiger partial charge is 0.274 e. The lowest BCUT2D eigenvalue weighted by Crippen LogP contribution is -2.23. The number of aryl methyl sites for hydroxylation is 1. The molecule has 1 heterocycles. The summed E-state index contributed by atoms with van der Waals surface area (Å²) in [5.41, 5.74) is 2.39. The summed E-state index contributed by atoms with van der Waals surface area (Å²) in [5.74, 6) is 0. The van der Waals surface area contributed by atoms with Crippen LogP contribution in [0.3, 0.4) is 0 Å². The molecule has 0 fully saturated rings. The quantitative estimate of drug-likeness (QED) is 0.772. The van der Waals surface area contributed by atoms with Gasteiger partial charge in [0, 0.05) is 11.4 Å². The number of benzene rings is 1. The summed E-state index contributed by atoms with van der Waals surface area (Å²) in [4.78, 5) is 11.1. The van der Waals surface area contributed by atoms with Crippen LogP contribution in [0, 0.1) is 6.92 Å². The monoisotopic (exact) mass is 270 g/mol. The number of hydrazone groups is 1. The van der Waals surface area contributed by atoms with Crippen molar-refractivity contribution in [1.29, 1.82) is 0 Å². The van der Waals surface area contributed by atoms with Gasteiger partial charge in [-0.2, -0.15) is 5.10 Å². The first-order chi connectivity index (χ1) is 7.99. The van der Waals surface area contributed by atoms with E-state index < -0.39 is 5.24 Å². The highest BCUT2D eigenvalue weighted by molar-refractivity contribution is 6.82. The summed E-state index contributed by atoms with van der Waals surface area (Å²) in [7, 11) is 0. The van der Waals surface area contributed by atoms with E-state index in [-0.39, 0.29) is 6.04 Å². The van der Waals surface area contributed by atoms with E-state index in [4.69, 9.17) is 23.2 Å². The Bertz CT molecular complexity index is 499. The summed E-state index contributed by atoms with van der Waals surface area (Å²) in [6.45, 7) is 3.97. The second-order valence-corrected chi connectivity index (χ2v) is 4.93. The van der Waals surface area contributed by atoms with Crippen molar-refractivity contribution >= 4 is 39.8 Å². The first kappa shape index (κ1) is 12.4. The fraction of sp³-hybridized carbons (Fsp3) is 0.333. The highest BCUT2D eigenvalue weighted by Crippen LogP contribution is 2.29. The van der Waals surface area contributed by atoms with Crippen LogP contribution in [0.25, 0.3) is 0 Å². The molecule has 1 aromatic carbocycles. The molecule has 0 saturated carbocycles. The molecule has 5 heteroatoms. The van der Waals surface area contributed by atoms with Gasteiger partial charge < -0.3 is 0 Å². The minimum atomic E-state index is -0.481. The maximum atomic E-state index is 11.1. The molecule has 0 aromatic heterocycles. The van der Waals surface area contributed by atoms with Gasteiger partial charge in [0.25, 0.3) is 5.24 Å². The van der Waals surface area contributed by atoms with E-state index in [0.29, 0.717) is 17.2 Å². The van der Waals surface area contributed by atoms with E-state index in [1.54, 1.807) is 0 Å². The second kappa shape index (κ2) is 4.67. The van der Waals surface area contributed by atoms with Gasteiger partial charge in [0.1, 0.15) is 5.71 Å². The molecule has 3 nitrogen and oxygen atoms in total. The van der Waals surface area contributed by atoms with E-state index in [1.807, 2.05) is 37.1 Å². The Hall–Kier alpha value is -1.06. The highest BCUT2D eigenvalue weighted by atomic mass is 35.5. The third kappa shape index (κ3) is 2.45. The van der Waals surface area contributed by atoms with Crippen molar-refractivity contribution in [2.45, 2.75) is 26.3 Å². The second-order valence-electron chi connectivity index (χ2n) is 4.15. The average molecular weight is 271 g/mol. The molecule has 90 valence electrons. The van der Waals surface area contributed by atoms with E-state index >= 15 is 0 Å². The maximum absolute atomic E-state index is 11.1. The van der Waals surface area contributed by atoms with Crippen LogP contribution in [0.4, 0.5) is 5.69 Å². The Morgan fingerprint density at radius 3 is 2.76 bits per heavy atom. The molecule has 1 aromatic rings. The van der Waals surface area contributed by atoms with Gasteiger partial charge in [-0.15, -0.1) is 0 Å². The zero-order valence-corrected chi connectivity index (χ0v) is 11.1. The molecule has 1 atom stereocenters. The predicted octanol–water partition coefficient (Wildman–Crippen LogP) is 3.37. The molecule has 1 aliphatic heterocycles. The first-order valence-corrected chi connectivity index (χ1v) is 6.07. The highest BCUT2D eigenvalue weighted by Gasteiger charge is 2.27.